The number of H-pyrrole nitrogens is 1. The number of aromatic amines is 1. The second-order valence-electron chi connectivity index (χ2n) is 5.98. The maximum absolute atomic E-state index is 13.5. The molecule has 132 valence electrons. The van der Waals surface area contributed by atoms with Crippen LogP contribution in [0, 0.1) is 25.5 Å². The number of nitrogens with one attached hydrogen (secondary N) is 2. The van der Waals surface area contributed by atoms with Crippen LogP contribution in [0.2, 0.25) is 0 Å². The summed E-state index contributed by atoms with van der Waals surface area (Å²) in [6.45, 7) is 3.53. The van der Waals surface area contributed by atoms with Gasteiger partial charge in [0.25, 0.3) is 0 Å². The van der Waals surface area contributed by atoms with Crippen molar-refractivity contribution in [1.82, 2.24) is 9.71 Å². The van der Waals surface area contributed by atoms with Crippen molar-refractivity contribution in [3.05, 3.63) is 64.9 Å². The van der Waals surface area contributed by atoms with Gasteiger partial charge in [0, 0.05) is 23.1 Å². The third-order valence-corrected chi connectivity index (χ3v) is 5.65. The lowest BCUT2D eigenvalue weighted by molar-refractivity contribution is 0.580. The zero-order valence-electron chi connectivity index (χ0n) is 13.9. The molecule has 3 rings (SSSR count). The van der Waals surface area contributed by atoms with Crippen LogP contribution in [-0.2, 0) is 16.4 Å². The van der Waals surface area contributed by atoms with Crippen molar-refractivity contribution < 1.29 is 17.2 Å². The molecule has 1 heterocycles. The van der Waals surface area contributed by atoms with E-state index in [4.69, 9.17) is 0 Å². The van der Waals surface area contributed by atoms with Gasteiger partial charge in [-0.2, -0.15) is 0 Å². The second-order valence-corrected chi connectivity index (χ2v) is 7.74. The summed E-state index contributed by atoms with van der Waals surface area (Å²) < 4.78 is 53.9. The smallest absolute Gasteiger partial charge is 0.240 e. The standard InChI is InChI=1S/C18H18F2N2O2S/c1-11-9-14(4-5-17(11)20)25(23,24)21-8-7-15-12(2)22-18-6-3-13(19)10-16(15)18/h3-6,9-10,21-22H,7-8H2,1-2H3. The van der Waals surface area contributed by atoms with Crippen molar-refractivity contribution in [2.75, 3.05) is 6.54 Å². The fourth-order valence-corrected chi connectivity index (χ4v) is 3.97. The van der Waals surface area contributed by atoms with E-state index >= 15 is 0 Å². The molecule has 0 saturated carbocycles. The van der Waals surface area contributed by atoms with E-state index in [1.54, 1.807) is 6.07 Å². The van der Waals surface area contributed by atoms with Gasteiger partial charge in [-0.15, -0.1) is 0 Å². The highest BCUT2D eigenvalue weighted by Gasteiger charge is 2.16. The molecule has 25 heavy (non-hydrogen) atoms. The Bertz CT molecular complexity index is 1040. The van der Waals surface area contributed by atoms with E-state index in [0.717, 1.165) is 28.2 Å². The van der Waals surface area contributed by atoms with Crippen LogP contribution in [0.1, 0.15) is 16.8 Å². The first-order valence-corrected chi connectivity index (χ1v) is 9.29. The highest BCUT2D eigenvalue weighted by molar-refractivity contribution is 7.89. The summed E-state index contributed by atoms with van der Waals surface area (Å²) in [6, 6.07) is 8.14. The molecule has 0 unspecified atom stereocenters. The minimum absolute atomic E-state index is 0.0214. The predicted molar refractivity (Wildman–Crippen MR) is 93.0 cm³/mol. The summed E-state index contributed by atoms with van der Waals surface area (Å²) in [5.74, 6) is -0.787. The highest BCUT2D eigenvalue weighted by Crippen LogP contribution is 2.23. The number of aromatic nitrogens is 1. The Kier molecular flexibility index (Phi) is 4.62. The Balaban J connectivity index is 1.77. The molecule has 0 aliphatic rings. The number of hydrogen-bond acceptors (Lipinski definition) is 2. The van der Waals surface area contributed by atoms with Crippen LogP contribution in [0.4, 0.5) is 8.78 Å². The van der Waals surface area contributed by atoms with Gasteiger partial charge in [-0.3, -0.25) is 0 Å². The minimum atomic E-state index is -3.73. The largest absolute Gasteiger partial charge is 0.358 e. The average Bonchev–Trinajstić information content (AvgIpc) is 2.85. The van der Waals surface area contributed by atoms with Crippen molar-refractivity contribution in [1.29, 1.82) is 0 Å². The third-order valence-electron chi connectivity index (χ3n) is 4.19. The maximum Gasteiger partial charge on any atom is 0.240 e. The monoisotopic (exact) mass is 364 g/mol. The van der Waals surface area contributed by atoms with Gasteiger partial charge in [-0.05, 0) is 67.8 Å². The second kappa shape index (κ2) is 6.57. The van der Waals surface area contributed by atoms with E-state index in [2.05, 4.69) is 9.71 Å². The summed E-state index contributed by atoms with van der Waals surface area (Å²) in [4.78, 5) is 3.18. The van der Waals surface area contributed by atoms with Gasteiger partial charge in [0.2, 0.25) is 10.0 Å². The summed E-state index contributed by atoms with van der Waals surface area (Å²) in [5, 5.41) is 0.745. The molecule has 0 aliphatic heterocycles. The molecule has 0 radical (unpaired) electrons. The van der Waals surface area contributed by atoms with Crippen LogP contribution in [0.3, 0.4) is 0 Å². The van der Waals surface area contributed by atoms with Gasteiger partial charge in [-0.1, -0.05) is 0 Å². The Morgan fingerprint density at radius 2 is 1.84 bits per heavy atom. The Labute approximate surface area is 144 Å². The molecule has 0 aliphatic carbocycles. The number of benzene rings is 2. The van der Waals surface area contributed by atoms with Gasteiger partial charge in [-0.25, -0.2) is 21.9 Å². The van der Waals surface area contributed by atoms with Crippen LogP contribution < -0.4 is 4.72 Å². The molecule has 1 aromatic heterocycles. The highest BCUT2D eigenvalue weighted by atomic mass is 32.2. The molecule has 7 heteroatoms. The molecule has 0 bridgehead atoms. The van der Waals surface area contributed by atoms with Gasteiger partial charge < -0.3 is 4.98 Å². The fourth-order valence-electron chi connectivity index (χ4n) is 2.85. The molecule has 2 aromatic carbocycles. The zero-order chi connectivity index (χ0) is 18.2. The molecule has 0 spiro atoms. The fraction of sp³-hybridized carbons (Fsp3) is 0.222. The quantitative estimate of drug-likeness (QED) is 0.727. The van der Waals surface area contributed by atoms with E-state index in [1.807, 2.05) is 6.92 Å². The number of halogens is 2. The lowest BCUT2D eigenvalue weighted by atomic mass is 10.1. The van der Waals surface area contributed by atoms with Gasteiger partial charge in [0.05, 0.1) is 4.90 Å². The SMILES string of the molecule is Cc1cc(S(=O)(=O)NCCc2c(C)[nH]c3ccc(F)cc23)ccc1F. The van der Waals surface area contributed by atoms with Crippen LogP contribution in [0.25, 0.3) is 10.9 Å². The summed E-state index contributed by atoms with van der Waals surface area (Å²) in [7, 11) is -3.73. The lowest BCUT2D eigenvalue weighted by Gasteiger charge is -2.08. The Hall–Kier alpha value is -2.25. The number of hydrogen-bond donors (Lipinski definition) is 2. The van der Waals surface area contributed by atoms with E-state index in [-0.39, 0.29) is 22.8 Å². The van der Waals surface area contributed by atoms with Crippen LogP contribution in [0.15, 0.2) is 41.3 Å². The van der Waals surface area contributed by atoms with E-state index in [1.165, 1.54) is 31.2 Å². The van der Waals surface area contributed by atoms with Crippen molar-refractivity contribution in [3.8, 4) is 0 Å². The van der Waals surface area contributed by atoms with E-state index < -0.39 is 15.8 Å². The molecule has 0 fully saturated rings. The van der Waals surface area contributed by atoms with Crippen LogP contribution in [0.5, 0.6) is 0 Å². The number of fused-ring (bicyclic) bond motifs is 1. The van der Waals surface area contributed by atoms with Crippen molar-refractivity contribution in [3.63, 3.8) is 0 Å². The Morgan fingerprint density at radius 3 is 2.56 bits per heavy atom. The third kappa shape index (κ3) is 3.57. The number of rotatable bonds is 5. The average molecular weight is 364 g/mol. The van der Waals surface area contributed by atoms with E-state index in [0.29, 0.717) is 6.42 Å². The molecule has 4 nitrogen and oxygen atoms in total. The lowest BCUT2D eigenvalue weighted by Crippen LogP contribution is -2.26. The first kappa shape index (κ1) is 17.6. The maximum atomic E-state index is 13.5. The molecule has 0 atom stereocenters. The van der Waals surface area contributed by atoms with Crippen molar-refractivity contribution >= 4 is 20.9 Å². The first-order chi connectivity index (χ1) is 11.8. The van der Waals surface area contributed by atoms with Gasteiger partial charge in [0.1, 0.15) is 11.6 Å². The predicted octanol–water partition coefficient (Wildman–Crippen LogP) is 3.58. The summed E-state index contributed by atoms with van der Waals surface area (Å²) in [5.41, 5.74) is 2.82. The molecule has 0 saturated heterocycles. The molecule has 2 N–H and O–H groups in total. The van der Waals surface area contributed by atoms with Crippen molar-refractivity contribution in [2.45, 2.75) is 25.2 Å². The minimum Gasteiger partial charge on any atom is -0.358 e. The topological polar surface area (TPSA) is 62.0 Å². The molecule has 3 aromatic rings. The van der Waals surface area contributed by atoms with Gasteiger partial charge in [0.15, 0.2) is 0 Å². The van der Waals surface area contributed by atoms with E-state index in [9.17, 15) is 17.2 Å². The van der Waals surface area contributed by atoms with Gasteiger partial charge >= 0.3 is 0 Å². The molecular weight excluding hydrogens is 346 g/mol. The molecule has 0 amide bonds. The van der Waals surface area contributed by atoms with Crippen LogP contribution in [-0.4, -0.2) is 19.9 Å². The van der Waals surface area contributed by atoms with Crippen LogP contribution >= 0.6 is 0 Å². The number of sulfonamides is 1. The summed E-state index contributed by atoms with van der Waals surface area (Å²) in [6.07, 6.45) is 0.411. The summed E-state index contributed by atoms with van der Waals surface area (Å²) >= 11 is 0. The first-order valence-electron chi connectivity index (χ1n) is 7.80. The Morgan fingerprint density at radius 1 is 1.08 bits per heavy atom. The zero-order valence-corrected chi connectivity index (χ0v) is 14.7. The molecular formula is C18H18F2N2O2S. The number of aryl methyl sites for hydroxylation is 2. The normalized spacial score (nSPS) is 12.0. The van der Waals surface area contributed by atoms with Crippen molar-refractivity contribution in [2.24, 2.45) is 0 Å².